The van der Waals surface area contributed by atoms with Gasteiger partial charge in [0.2, 0.25) is 5.88 Å². The van der Waals surface area contributed by atoms with Crippen LogP contribution in [0.2, 0.25) is 0 Å². The van der Waals surface area contributed by atoms with Gasteiger partial charge in [-0.05, 0) is 34.7 Å². The number of halogens is 1. The molecule has 1 aromatic rings. The lowest BCUT2D eigenvalue weighted by Crippen LogP contribution is -2.00. The zero-order valence-electron chi connectivity index (χ0n) is 8.00. The molecule has 0 saturated heterocycles. The van der Waals surface area contributed by atoms with Crippen LogP contribution >= 0.6 is 15.9 Å². The van der Waals surface area contributed by atoms with E-state index >= 15 is 0 Å². The second-order valence-electron chi connectivity index (χ2n) is 3.41. The fourth-order valence-corrected chi connectivity index (χ4v) is 1.45. The van der Waals surface area contributed by atoms with E-state index in [1.807, 2.05) is 0 Å². The van der Waals surface area contributed by atoms with Gasteiger partial charge in [0, 0.05) is 12.3 Å². The molecule has 1 saturated carbocycles. The monoisotopic (exact) mass is 257 g/mol. The highest BCUT2D eigenvalue weighted by atomic mass is 79.9. The van der Waals surface area contributed by atoms with Crippen LogP contribution in [-0.4, -0.2) is 18.7 Å². The number of nitrogens with zero attached hydrogens (tertiary/aromatic N) is 1. The molecule has 0 atom stereocenters. The summed E-state index contributed by atoms with van der Waals surface area (Å²) in [5.74, 6) is 2.14. The molecule has 1 fully saturated rings. The zero-order valence-corrected chi connectivity index (χ0v) is 9.58. The van der Waals surface area contributed by atoms with E-state index in [0.717, 1.165) is 22.7 Å². The number of pyridine rings is 1. The van der Waals surface area contributed by atoms with Gasteiger partial charge in [0.25, 0.3) is 0 Å². The number of aromatic nitrogens is 1. The predicted octanol–water partition coefficient (Wildman–Crippen LogP) is 2.64. The molecule has 3 nitrogen and oxygen atoms in total. The van der Waals surface area contributed by atoms with E-state index in [1.165, 1.54) is 12.8 Å². The standard InChI is InChI=1S/C10H12BrNO2/c1-13-10-4-9(8(11)5-12-10)14-6-7-2-3-7/h4-5,7H,2-3,6H2,1H3. The minimum Gasteiger partial charge on any atom is -0.492 e. The van der Waals surface area contributed by atoms with Crippen molar-refractivity contribution in [1.29, 1.82) is 0 Å². The van der Waals surface area contributed by atoms with Gasteiger partial charge in [-0.2, -0.15) is 0 Å². The molecule has 1 aromatic heterocycles. The van der Waals surface area contributed by atoms with Gasteiger partial charge in [-0.3, -0.25) is 0 Å². The van der Waals surface area contributed by atoms with E-state index < -0.39 is 0 Å². The van der Waals surface area contributed by atoms with Gasteiger partial charge < -0.3 is 9.47 Å². The maximum Gasteiger partial charge on any atom is 0.216 e. The molecule has 1 aliphatic rings. The maximum absolute atomic E-state index is 5.64. The van der Waals surface area contributed by atoms with E-state index in [1.54, 1.807) is 19.4 Å². The summed E-state index contributed by atoms with van der Waals surface area (Å²) in [4.78, 5) is 4.05. The number of hydrogen-bond donors (Lipinski definition) is 0. The second kappa shape index (κ2) is 4.17. The van der Waals surface area contributed by atoms with Crippen LogP contribution < -0.4 is 9.47 Å². The Balaban J connectivity index is 2.04. The summed E-state index contributed by atoms with van der Waals surface area (Å²) in [6.45, 7) is 0.797. The van der Waals surface area contributed by atoms with Crippen LogP contribution in [0.3, 0.4) is 0 Å². The fraction of sp³-hybridized carbons (Fsp3) is 0.500. The quantitative estimate of drug-likeness (QED) is 0.831. The first-order valence-corrected chi connectivity index (χ1v) is 5.41. The van der Waals surface area contributed by atoms with Crippen LogP contribution in [0.1, 0.15) is 12.8 Å². The molecule has 14 heavy (non-hydrogen) atoms. The first-order chi connectivity index (χ1) is 6.79. The van der Waals surface area contributed by atoms with Crippen molar-refractivity contribution < 1.29 is 9.47 Å². The first-order valence-electron chi connectivity index (χ1n) is 4.62. The molecule has 1 aliphatic carbocycles. The Morgan fingerprint density at radius 2 is 2.36 bits per heavy atom. The van der Waals surface area contributed by atoms with Gasteiger partial charge in [0.05, 0.1) is 18.2 Å². The van der Waals surface area contributed by atoms with Crippen molar-refractivity contribution in [3.63, 3.8) is 0 Å². The summed E-state index contributed by atoms with van der Waals surface area (Å²) >= 11 is 3.39. The van der Waals surface area contributed by atoms with Crippen LogP contribution in [0.5, 0.6) is 11.6 Å². The molecular weight excluding hydrogens is 246 g/mol. The normalized spacial score (nSPS) is 15.3. The van der Waals surface area contributed by atoms with Crippen molar-refractivity contribution in [2.75, 3.05) is 13.7 Å². The lowest BCUT2D eigenvalue weighted by Gasteiger charge is -2.08. The third-order valence-corrected chi connectivity index (χ3v) is 2.77. The molecule has 0 spiro atoms. The topological polar surface area (TPSA) is 31.4 Å². The van der Waals surface area contributed by atoms with Crippen molar-refractivity contribution in [3.8, 4) is 11.6 Å². The largest absolute Gasteiger partial charge is 0.492 e. The highest BCUT2D eigenvalue weighted by Gasteiger charge is 2.22. The van der Waals surface area contributed by atoms with Crippen molar-refractivity contribution in [2.24, 2.45) is 5.92 Å². The smallest absolute Gasteiger partial charge is 0.216 e. The van der Waals surface area contributed by atoms with Crippen molar-refractivity contribution in [3.05, 3.63) is 16.7 Å². The molecule has 0 aromatic carbocycles. The molecular formula is C10H12BrNO2. The van der Waals surface area contributed by atoms with Crippen molar-refractivity contribution in [1.82, 2.24) is 4.98 Å². The molecule has 0 aliphatic heterocycles. The predicted molar refractivity (Wildman–Crippen MR) is 56.7 cm³/mol. The summed E-state index contributed by atoms with van der Waals surface area (Å²) in [5.41, 5.74) is 0. The Hall–Kier alpha value is -0.770. The molecule has 0 amide bonds. The number of hydrogen-bond acceptors (Lipinski definition) is 3. The highest BCUT2D eigenvalue weighted by Crippen LogP contribution is 2.32. The van der Waals surface area contributed by atoms with E-state index in [9.17, 15) is 0 Å². The second-order valence-corrected chi connectivity index (χ2v) is 4.27. The minimum atomic E-state index is 0.582. The Labute approximate surface area is 91.6 Å². The van der Waals surface area contributed by atoms with E-state index in [0.29, 0.717) is 5.88 Å². The van der Waals surface area contributed by atoms with Gasteiger partial charge in [-0.1, -0.05) is 0 Å². The van der Waals surface area contributed by atoms with Crippen LogP contribution in [0.15, 0.2) is 16.7 Å². The Morgan fingerprint density at radius 3 is 3.00 bits per heavy atom. The molecule has 4 heteroatoms. The van der Waals surface area contributed by atoms with Gasteiger partial charge in [-0.15, -0.1) is 0 Å². The zero-order chi connectivity index (χ0) is 9.97. The van der Waals surface area contributed by atoms with Crippen LogP contribution in [0, 0.1) is 5.92 Å². The van der Waals surface area contributed by atoms with Crippen LogP contribution in [-0.2, 0) is 0 Å². The summed E-state index contributed by atoms with van der Waals surface area (Å²) in [6.07, 6.45) is 4.28. The third kappa shape index (κ3) is 2.38. The third-order valence-electron chi connectivity index (χ3n) is 2.18. The molecule has 0 bridgehead atoms. The minimum absolute atomic E-state index is 0.582. The molecule has 1 heterocycles. The van der Waals surface area contributed by atoms with Crippen molar-refractivity contribution >= 4 is 15.9 Å². The number of methoxy groups -OCH3 is 1. The average molecular weight is 258 g/mol. The van der Waals surface area contributed by atoms with E-state index in [4.69, 9.17) is 9.47 Å². The molecule has 0 radical (unpaired) electrons. The van der Waals surface area contributed by atoms with E-state index in [2.05, 4.69) is 20.9 Å². The Bertz CT molecular complexity index is 326. The van der Waals surface area contributed by atoms with E-state index in [-0.39, 0.29) is 0 Å². The summed E-state index contributed by atoms with van der Waals surface area (Å²) in [6, 6.07) is 1.80. The fourth-order valence-electron chi connectivity index (χ4n) is 1.12. The molecule has 0 unspecified atom stereocenters. The van der Waals surface area contributed by atoms with Gasteiger partial charge in [0.15, 0.2) is 0 Å². The van der Waals surface area contributed by atoms with Gasteiger partial charge >= 0.3 is 0 Å². The lowest BCUT2D eigenvalue weighted by atomic mass is 10.4. The van der Waals surface area contributed by atoms with Gasteiger partial charge in [0.1, 0.15) is 5.75 Å². The van der Waals surface area contributed by atoms with Crippen molar-refractivity contribution in [2.45, 2.75) is 12.8 Å². The Kier molecular flexibility index (Phi) is 2.91. The number of rotatable bonds is 4. The number of ether oxygens (including phenoxy) is 2. The van der Waals surface area contributed by atoms with Crippen LogP contribution in [0.25, 0.3) is 0 Å². The summed E-state index contributed by atoms with van der Waals surface area (Å²) < 4.78 is 11.5. The first kappa shape index (κ1) is 9.77. The maximum atomic E-state index is 5.64. The molecule has 0 N–H and O–H groups in total. The Morgan fingerprint density at radius 1 is 1.57 bits per heavy atom. The van der Waals surface area contributed by atoms with Gasteiger partial charge in [-0.25, -0.2) is 4.98 Å². The SMILES string of the molecule is COc1cc(OCC2CC2)c(Br)cn1. The molecule has 76 valence electrons. The summed E-state index contributed by atoms with van der Waals surface area (Å²) in [5, 5.41) is 0. The molecule has 2 rings (SSSR count). The highest BCUT2D eigenvalue weighted by molar-refractivity contribution is 9.10. The lowest BCUT2D eigenvalue weighted by molar-refractivity contribution is 0.294. The van der Waals surface area contributed by atoms with Crippen LogP contribution in [0.4, 0.5) is 0 Å². The summed E-state index contributed by atoms with van der Waals surface area (Å²) in [7, 11) is 1.60. The average Bonchev–Trinajstić information content (AvgIpc) is 3.00.